The lowest BCUT2D eigenvalue weighted by Gasteiger charge is -2.09. The SMILES string of the molecule is CS(=O)(=O)NC[C@@H]1C[C@@H](O)CN1. The van der Waals surface area contributed by atoms with E-state index in [2.05, 4.69) is 10.0 Å². The van der Waals surface area contributed by atoms with Gasteiger partial charge in [-0.05, 0) is 6.42 Å². The number of rotatable bonds is 3. The van der Waals surface area contributed by atoms with E-state index < -0.39 is 10.0 Å². The van der Waals surface area contributed by atoms with Crippen LogP contribution in [0.2, 0.25) is 0 Å². The van der Waals surface area contributed by atoms with E-state index in [-0.39, 0.29) is 12.1 Å². The Labute approximate surface area is 72.2 Å². The van der Waals surface area contributed by atoms with Gasteiger partial charge in [-0.25, -0.2) is 13.1 Å². The molecular formula is C6H14N2O3S. The first-order valence-corrected chi connectivity index (χ1v) is 5.72. The van der Waals surface area contributed by atoms with Crippen LogP contribution in [0, 0.1) is 0 Å². The Morgan fingerprint density at radius 1 is 1.67 bits per heavy atom. The molecule has 12 heavy (non-hydrogen) atoms. The van der Waals surface area contributed by atoms with Gasteiger partial charge < -0.3 is 10.4 Å². The number of β-amino-alcohol motifs (C(OH)–C–C–N with tert-alkyl or cyclic N) is 1. The van der Waals surface area contributed by atoms with Crippen LogP contribution in [0.3, 0.4) is 0 Å². The van der Waals surface area contributed by atoms with Crippen molar-refractivity contribution in [3.8, 4) is 0 Å². The molecule has 1 aliphatic heterocycles. The Balaban J connectivity index is 2.25. The van der Waals surface area contributed by atoms with E-state index in [0.717, 1.165) is 6.26 Å². The number of hydrogen-bond donors (Lipinski definition) is 3. The molecule has 1 saturated heterocycles. The highest BCUT2D eigenvalue weighted by atomic mass is 32.2. The first-order chi connectivity index (χ1) is 5.47. The maximum Gasteiger partial charge on any atom is 0.208 e. The molecule has 0 saturated carbocycles. The minimum Gasteiger partial charge on any atom is -0.392 e. The van der Waals surface area contributed by atoms with Crippen LogP contribution in [-0.4, -0.2) is 45.0 Å². The fourth-order valence-electron chi connectivity index (χ4n) is 1.21. The smallest absolute Gasteiger partial charge is 0.208 e. The molecule has 0 aromatic carbocycles. The molecular weight excluding hydrogens is 180 g/mol. The summed E-state index contributed by atoms with van der Waals surface area (Å²) >= 11 is 0. The minimum atomic E-state index is -3.10. The largest absolute Gasteiger partial charge is 0.392 e. The van der Waals surface area contributed by atoms with Crippen molar-refractivity contribution in [2.24, 2.45) is 0 Å². The van der Waals surface area contributed by atoms with E-state index in [1.54, 1.807) is 0 Å². The molecule has 0 aromatic heterocycles. The van der Waals surface area contributed by atoms with Crippen LogP contribution in [0.1, 0.15) is 6.42 Å². The van der Waals surface area contributed by atoms with Gasteiger partial charge in [0.25, 0.3) is 0 Å². The third kappa shape index (κ3) is 3.48. The fraction of sp³-hybridized carbons (Fsp3) is 1.00. The summed E-state index contributed by atoms with van der Waals surface area (Å²) in [7, 11) is -3.10. The van der Waals surface area contributed by atoms with Gasteiger partial charge in [0.1, 0.15) is 0 Å². The summed E-state index contributed by atoms with van der Waals surface area (Å²) < 4.78 is 23.7. The van der Waals surface area contributed by atoms with Crippen LogP contribution in [0.25, 0.3) is 0 Å². The summed E-state index contributed by atoms with van der Waals surface area (Å²) in [6.45, 7) is 0.909. The number of hydrogen-bond acceptors (Lipinski definition) is 4. The Kier molecular flexibility index (Phi) is 3.05. The van der Waals surface area contributed by atoms with Gasteiger partial charge in [-0.3, -0.25) is 0 Å². The Hall–Kier alpha value is -0.170. The summed E-state index contributed by atoms with van der Waals surface area (Å²) in [4.78, 5) is 0. The second kappa shape index (κ2) is 3.69. The molecule has 72 valence electrons. The number of aliphatic hydroxyl groups excluding tert-OH is 1. The summed E-state index contributed by atoms with van der Waals surface area (Å²) in [5.74, 6) is 0. The van der Waals surface area contributed by atoms with Crippen molar-refractivity contribution in [3.05, 3.63) is 0 Å². The molecule has 0 aromatic rings. The number of sulfonamides is 1. The number of nitrogens with one attached hydrogen (secondary N) is 2. The van der Waals surface area contributed by atoms with Crippen molar-refractivity contribution in [1.82, 2.24) is 10.0 Å². The second-order valence-corrected chi connectivity index (χ2v) is 4.95. The van der Waals surface area contributed by atoms with Crippen LogP contribution < -0.4 is 10.0 Å². The highest BCUT2D eigenvalue weighted by Gasteiger charge is 2.22. The monoisotopic (exact) mass is 194 g/mol. The Bertz CT molecular complexity index is 239. The van der Waals surface area contributed by atoms with E-state index in [0.29, 0.717) is 19.5 Å². The van der Waals surface area contributed by atoms with Gasteiger partial charge in [0, 0.05) is 19.1 Å². The quantitative estimate of drug-likeness (QED) is 0.498. The highest BCUT2D eigenvalue weighted by Crippen LogP contribution is 2.04. The van der Waals surface area contributed by atoms with Gasteiger partial charge in [-0.15, -0.1) is 0 Å². The van der Waals surface area contributed by atoms with E-state index >= 15 is 0 Å². The maximum absolute atomic E-state index is 10.7. The molecule has 6 heteroatoms. The average molecular weight is 194 g/mol. The summed E-state index contributed by atoms with van der Waals surface area (Å²) in [6, 6.07) is 0.0646. The van der Waals surface area contributed by atoms with Crippen LogP contribution in [0.15, 0.2) is 0 Å². The van der Waals surface area contributed by atoms with Crippen LogP contribution in [-0.2, 0) is 10.0 Å². The molecule has 0 unspecified atom stereocenters. The lowest BCUT2D eigenvalue weighted by Crippen LogP contribution is -2.36. The predicted octanol–water partition coefficient (Wildman–Crippen LogP) is -1.74. The lowest BCUT2D eigenvalue weighted by atomic mass is 10.2. The molecule has 1 rings (SSSR count). The molecule has 0 spiro atoms. The number of aliphatic hydroxyl groups is 1. The lowest BCUT2D eigenvalue weighted by molar-refractivity contribution is 0.193. The van der Waals surface area contributed by atoms with Crippen molar-refractivity contribution < 1.29 is 13.5 Å². The molecule has 5 nitrogen and oxygen atoms in total. The van der Waals surface area contributed by atoms with Crippen LogP contribution in [0.5, 0.6) is 0 Å². The first kappa shape index (κ1) is 9.91. The van der Waals surface area contributed by atoms with Crippen molar-refractivity contribution >= 4 is 10.0 Å². The topological polar surface area (TPSA) is 78.4 Å². The predicted molar refractivity (Wildman–Crippen MR) is 45.3 cm³/mol. The Morgan fingerprint density at radius 2 is 2.33 bits per heavy atom. The fourth-order valence-corrected chi connectivity index (χ4v) is 1.71. The minimum absolute atomic E-state index is 0.0646. The standard InChI is InChI=1S/C6H14N2O3S/c1-12(10,11)8-3-5-2-6(9)4-7-5/h5-9H,2-4H2,1H3/t5-,6+/m0/s1. The van der Waals surface area contributed by atoms with Crippen molar-refractivity contribution in [2.75, 3.05) is 19.3 Å². The average Bonchev–Trinajstić information content (AvgIpc) is 2.30. The summed E-state index contributed by atoms with van der Waals surface area (Å²) in [5, 5.41) is 12.1. The molecule has 0 radical (unpaired) electrons. The zero-order chi connectivity index (χ0) is 9.19. The summed E-state index contributed by atoms with van der Waals surface area (Å²) in [6.07, 6.45) is 1.40. The van der Waals surface area contributed by atoms with Gasteiger partial charge in [-0.1, -0.05) is 0 Å². The van der Waals surface area contributed by atoms with E-state index in [9.17, 15) is 8.42 Å². The van der Waals surface area contributed by atoms with Gasteiger partial charge in [0.05, 0.1) is 12.4 Å². The van der Waals surface area contributed by atoms with Gasteiger partial charge in [0.2, 0.25) is 10.0 Å². The van der Waals surface area contributed by atoms with E-state index in [1.807, 2.05) is 0 Å². The molecule has 1 fully saturated rings. The third-order valence-corrected chi connectivity index (χ3v) is 2.48. The molecule has 0 bridgehead atoms. The molecule has 2 atom stereocenters. The molecule has 0 amide bonds. The third-order valence-electron chi connectivity index (χ3n) is 1.79. The van der Waals surface area contributed by atoms with Gasteiger partial charge >= 0.3 is 0 Å². The van der Waals surface area contributed by atoms with Gasteiger partial charge in [0.15, 0.2) is 0 Å². The van der Waals surface area contributed by atoms with Crippen LogP contribution in [0.4, 0.5) is 0 Å². The van der Waals surface area contributed by atoms with Gasteiger partial charge in [-0.2, -0.15) is 0 Å². The van der Waals surface area contributed by atoms with E-state index in [4.69, 9.17) is 5.11 Å². The second-order valence-electron chi connectivity index (χ2n) is 3.12. The first-order valence-electron chi connectivity index (χ1n) is 3.83. The normalized spacial score (nSPS) is 30.8. The van der Waals surface area contributed by atoms with Crippen molar-refractivity contribution in [2.45, 2.75) is 18.6 Å². The molecule has 0 aliphatic carbocycles. The molecule has 1 heterocycles. The zero-order valence-electron chi connectivity index (χ0n) is 6.95. The maximum atomic E-state index is 10.7. The van der Waals surface area contributed by atoms with E-state index in [1.165, 1.54) is 0 Å². The van der Waals surface area contributed by atoms with Crippen LogP contribution >= 0.6 is 0 Å². The Morgan fingerprint density at radius 3 is 2.75 bits per heavy atom. The van der Waals surface area contributed by atoms with Crippen molar-refractivity contribution in [3.63, 3.8) is 0 Å². The molecule has 1 aliphatic rings. The summed E-state index contributed by atoms with van der Waals surface area (Å²) in [5.41, 5.74) is 0. The van der Waals surface area contributed by atoms with Crippen molar-refractivity contribution in [1.29, 1.82) is 0 Å². The highest BCUT2D eigenvalue weighted by molar-refractivity contribution is 7.88. The zero-order valence-corrected chi connectivity index (χ0v) is 7.76. The molecule has 3 N–H and O–H groups in total.